The zero-order valence-corrected chi connectivity index (χ0v) is 13.3. The first-order valence-corrected chi connectivity index (χ1v) is 8.48. The number of rotatable bonds is 8. The van der Waals surface area contributed by atoms with E-state index in [1.807, 2.05) is 30.3 Å². The number of carbonyl (C=O) groups is 1. The van der Waals surface area contributed by atoms with Crippen molar-refractivity contribution in [1.29, 1.82) is 0 Å². The van der Waals surface area contributed by atoms with Crippen LogP contribution in [-0.2, 0) is 4.79 Å². The van der Waals surface area contributed by atoms with E-state index in [0.29, 0.717) is 6.04 Å². The van der Waals surface area contributed by atoms with E-state index in [4.69, 9.17) is 4.74 Å². The van der Waals surface area contributed by atoms with Gasteiger partial charge in [-0.15, -0.1) is 0 Å². The zero-order valence-electron chi connectivity index (χ0n) is 13.3. The molecule has 0 radical (unpaired) electrons. The van der Waals surface area contributed by atoms with Crippen molar-refractivity contribution < 1.29 is 9.53 Å². The second-order valence-corrected chi connectivity index (χ2v) is 6.42. The molecule has 3 rings (SSSR count). The van der Waals surface area contributed by atoms with E-state index in [9.17, 15) is 4.79 Å². The van der Waals surface area contributed by atoms with Gasteiger partial charge >= 0.3 is 0 Å². The van der Waals surface area contributed by atoms with Gasteiger partial charge in [0.15, 0.2) is 0 Å². The SMILES string of the molecule is CCCOc1ccc(/C=C/C(=O)N(CC2CC2)C2CC2)cc1. The molecule has 0 unspecified atom stereocenters. The third-order valence-electron chi connectivity index (χ3n) is 4.19. The average molecular weight is 299 g/mol. The molecule has 3 nitrogen and oxygen atoms in total. The molecule has 1 aromatic rings. The van der Waals surface area contributed by atoms with Crippen molar-refractivity contribution in [3.63, 3.8) is 0 Å². The van der Waals surface area contributed by atoms with E-state index < -0.39 is 0 Å². The van der Waals surface area contributed by atoms with Gasteiger partial charge in [-0.2, -0.15) is 0 Å². The van der Waals surface area contributed by atoms with Crippen LogP contribution in [0.3, 0.4) is 0 Å². The smallest absolute Gasteiger partial charge is 0.246 e. The minimum atomic E-state index is 0.167. The average Bonchev–Trinajstić information content (AvgIpc) is 3.42. The van der Waals surface area contributed by atoms with Crippen molar-refractivity contribution in [3.8, 4) is 5.75 Å². The fraction of sp³-hybridized carbons (Fsp3) is 0.526. The second kappa shape index (κ2) is 6.99. The van der Waals surface area contributed by atoms with Crippen molar-refractivity contribution in [2.24, 2.45) is 5.92 Å². The number of benzene rings is 1. The van der Waals surface area contributed by atoms with Gasteiger partial charge in [0.05, 0.1) is 6.61 Å². The summed E-state index contributed by atoms with van der Waals surface area (Å²) < 4.78 is 5.57. The molecule has 0 N–H and O–H groups in total. The molecule has 0 bridgehead atoms. The van der Waals surface area contributed by atoms with Gasteiger partial charge in [-0.3, -0.25) is 4.79 Å². The van der Waals surface area contributed by atoms with E-state index in [-0.39, 0.29) is 5.91 Å². The third kappa shape index (κ3) is 4.36. The molecule has 2 saturated carbocycles. The summed E-state index contributed by atoms with van der Waals surface area (Å²) in [5, 5.41) is 0. The van der Waals surface area contributed by atoms with Gasteiger partial charge in [0.25, 0.3) is 0 Å². The lowest BCUT2D eigenvalue weighted by Crippen LogP contribution is -2.33. The molecule has 1 amide bonds. The Morgan fingerprint density at radius 1 is 1.23 bits per heavy atom. The fourth-order valence-electron chi connectivity index (χ4n) is 2.54. The second-order valence-electron chi connectivity index (χ2n) is 6.42. The highest BCUT2D eigenvalue weighted by Crippen LogP contribution is 2.35. The van der Waals surface area contributed by atoms with E-state index in [0.717, 1.165) is 36.8 Å². The summed E-state index contributed by atoms with van der Waals surface area (Å²) in [4.78, 5) is 14.5. The Balaban J connectivity index is 1.56. The molecule has 0 spiro atoms. The molecule has 2 aliphatic rings. The lowest BCUT2D eigenvalue weighted by molar-refractivity contribution is -0.126. The van der Waals surface area contributed by atoms with Crippen molar-refractivity contribution in [2.45, 2.75) is 45.1 Å². The van der Waals surface area contributed by atoms with Gasteiger partial charge in [0.2, 0.25) is 5.91 Å². The standard InChI is InChI=1S/C19H25NO2/c1-2-13-22-18-10-5-15(6-11-18)7-12-19(21)20(17-8-9-17)14-16-3-4-16/h5-7,10-12,16-17H,2-4,8-9,13-14H2,1H3/b12-7+. The maximum absolute atomic E-state index is 12.4. The molecule has 0 aliphatic heterocycles. The lowest BCUT2D eigenvalue weighted by atomic mass is 10.2. The predicted molar refractivity (Wildman–Crippen MR) is 88.7 cm³/mol. The van der Waals surface area contributed by atoms with Crippen LogP contribution >= 0.6 is 0 Å². The molecule has 1 aromatic carbocycles. The molecule has 118 valence electrons. The van der Waals surface area contributed by atoms with Crippen LogP contribution in [0, 0.1) is 5.92 Å². The van der Waals surface area contributed by atoms with Gasteiger partial charge < -0.3 is 9.64 Å². The molecular weight excluding hydrogens is 274 g/mol. The molecule has 3 heteroatoms. The summed E-state index contributed by atoms with van der Waals surface area (Å²) in [5.74, 6) is 1.81. The van der Waals surface area contributed by atoms with Crippen molar-refractivity contribution >= 4 is 12.0 Å². The van der Waals surface area contributed by atoms with Crippen LogP contribution < -0.4 is 4.74 Å². The summed E-state index contributed by atoms with van der Waals surface area (Å²) >= 11 is 0. The van der Waals surface area contributed by atoms with Crippen molar-refractivity contribution in [2.75, 3.05) is 13.2 Å². The normalized spacial score (nSPS) is 17.7. The minimum Gasteiger partial charge on any atom is -0.494 e. The zero-order chi connectivity index (χ0) is 15.4. The van der Waals surface area contributed by atoms with E-state index >= 15 is 0 Å². The molecule has 2 aliphatic carbocycles. The highest BCUT2D eigenvalue weighted by Gasteiger charge is 2.35. The Morgan fingerprint density at radius 2 is 1.95 bits per heavy atom. The van der Waals surface area contributed by atoms with Crippen LogP contribution in [0.25, 0.3) is 6.08 Å². The monoisotopic (exact) mass is 299 g/mol. The first kappa shape index (κ1) is 15.1. The molecule has 22 heavy (non-hydrogen) atoms. The quantitative estimate of drug-likeness (QED) is 0.682. The minimum absolute atomic E-state index is 0.167. The first-order chi connectivity index (χ1) is 10.8. The van der Waals surface area contributed by atoms with Crippen LogP contribution in [0.4, 0.5) is 0 Å². The van der Waals surface area contributed by atoms with Crippen LogP contribution in [0.2, 0.25) is 0 Å². The Hall–Kier alpha value is -1.77. The van der Waals surface area contributed by atoms with E-state index in [1.54, 1.807) is 6.08 Å². The molecule has 0 saturated heterocycles. The van der Waals surface area contributed by atoms with E-state index in [1.165, 1.54) is 25.7 Å². The Bertz CT molecular complexity index is 527. The van der Waals surface area contributed by atoms with Gasteiger partial charge in [0.1, 0.15) is 5.75 Å². The molecule has 2 fully saturated rings. The van der Waals surface area contributed by atoms with Crippen LogP contribution in [0.1, 0.15) is 44.6 Å². The number of hydrogen-bond acceptors (Lipinski definition) is 2. The highest BCUT2D eigenvalue weighted by molar-refractivity contribution is 5.92. The summed E-state index contributed by atoms with van der Waals surface area (Å²) in [6.07, 6.45) is 9.58. The maximum Gasteiger partial charge on any atom is 0.246 e. The molecule has 0 heterocycles. The summed E-state index contributed by atoms with van der Waals surface area (Å²) in [6.45, 7) is 3.79. The van der Waals surface area contributed by atoms with Crippen LogP contribution in [0.5, 0.6) is 5.75 Å². The highest BCUT2D eigenvalue weighted by atomic mass is 16.5. The number of carbonyl (C=O) groups excluding carboxylic acids is 1. The van der Waals surface area contributed by atoms with Gasteiger partial charge in [-0.25, -0.2) is 0 Å². The van der Waals surface area contributed by atoms with Crippen molar-refractivity contribution in [1.82, 2.24) is 4.90 Å². The van der Waals surface area contributed by atoms with Gasteiger partial charge in [-0.05, 0) is 61.8 Å². The Kier molecular flexibility index (Phi) is 4.81. The maximum atomic E-state index is 12.4. The molecular formula is C19H25NO2. The molecule has 0 aromatic heterocycles. The van der Waals surface area contributed by atoms with Crippen LogP contribution in [0.15, 0.2) is 30.3 Å². The predicted octanol–water partition coefficient (Wildman–Crippen LogP) is 3.89. The number of nitrogens with zero attached hydrogens (tertiary/aromatic N) is 1. The lowest BCUT2D eigenvalue weighted by Gasteiger charge is -2.20. The number of amides is 1. The largest absolute Gasteiger partial charge is 0.494 e. The fourth-order valence-corrected chi connectivity index (χ4v) is 2.54. The van der Waals surface area contributed by atoms with E-state index in [2.05, 4.69) is 11.8 Å². The van der Waals surface area contributed by atoms with Gasteiger partial charge in [0, 0.05) is 18.7 Å². The number of hydrogen-bond donors (Lipinski definition) is 0. The summed E-state index contributed by atoms with van der Waals surface area (Å²) in [5.41, 5.74) is 1.04. The van der Waals surface area contributed by atoms with Gasteiger partial charge in [-0.1, -0.05) is 19.1 Å². The summed E-state index contributed by atoms with van der Waals surface area (Å²) in [7, 11) is 0. The first-order valence-electron chi connectivity index (χ1n) is 8.48. The number of ether oxygens (including phenoxy) is 1. The van der Waals surface area contributed by atoms with Crippen molar-refractivity contribution in [3.05, 3.63) is 35.9 Å². The Labute approximate surface area is 133 Å². The topological polar surface area (TPSA) is 29.5 Å². The third-order valence-corrected chi connectivity index (χ3v) is 4.19. The molecule has 0 atom stereocenters. The van der Waals surface area contributed by atoms with Crippen LogP contribution in [-0.4, -0.2) is 30.0 Å². The Morgan fingerprint density at radius 3 is 2.55 bits per heavy atom. The summed E-state index contributed by atoms with van der Waals surface area (Å²) in [6, 6.07) is 8.42.